The van der Waals surface area contributed by atoms with E-state index in [9.17, 15) is 0 Å². The molecule has 0 amide bonds. The van der Waals surface area contributed by atoms with E-state index in [1.165, 1.54) is 65.5 Å². The Kier molecular flexibility index (Phi) is 7.17. The molecule has 0 atom stereocenters. The van der Waals surface area contributed by atoms with E-state index in [0.29, 0.717) is 0 Å². The van der Waals surface area contributed by atoms with Crippen molar-refractivity contribution in [2.24, 2.45) is 0 Å². The van der Waals surface area contributed by atoms with Gasteiger partial charge in [-0.2, -0.15) is 0 Å². The summed E-state index contributed by atoms with van der Waals surface area (Å²) in [5.41, 5.74) is 12.8. The fourth-order valence-corrected chi connectivity index (χ4v) is 8.59. The van der Waals surface area contributed by atoms with Crippen molar-refractivity contribution in [3.63, 3.8) is 0 Å². The summed E-state index contributed by atoms with van der Waals surface area (Å²) in [7, 11) is 0. The highest BCUT2D eigenvalue weighted by Gasteiger charge is 2.21. The van der Waals surface area contributed by atoms with E-state index >= 15 is 0 Å². The number of fused-ring (bicyclic) bond motifs is 7. The van der Waals surface area contributed by atoms with Crippen LogP contribution < -0.4 is 4.90 Å². The molecular weight excluding hydrogens is 667 g/mol. The predicted molar refractivity (Wildman–Crippen MR) is 233 cm³/mol. The highest BCUT2D eigenvalue weighted by Crippen LogP contribution is 2.44. The largest absolute Gasteiger partial charge is 0.310 e. The monoisotopic (exact) mass is 701 g/mol. The third kappa shape index (κ3) is 5.05. The molecular formula is C52H35N3. The first kappa shape index (κ1) is 31.2. The first-order chi connectivity index (χ1) is 27.3. The first-order valence-corrected chi connectivity index (χ1v) is 18.9. The quantitative estimate of drug-likeness (QED) is 0.168. The molecule has 0 aliphatic heterocycles. The number of anilines is 3. The van der Waals surface area contributed by atoms with Crippen molar-refractivity contribution < 1.29 is 0 Å². The second-order valence-electron chi connectivity index (χ2n) is 14.2. The smallest absolute Gasteiger partial charge is 0.0562 e. The van der Waals surface area contributed by atoms with Crippen LogP contribution in [0.25, 0.3) is 76.9 Å². The van der Waals surface area contributed by atoms with E-state index in [1.54, 1.807) is 0 Å². The van der Waals surface area contributed by atoms with Crippen LogP contribution in [-0.2, 0) is 0 Å². The van der Waals surface area contributed by atoms with Gasteiger partial charge in [0.15, 0.2) is 0 Å². The molecule has 0 saturated carbocycles. The number of benzene rings is 9. The normalized spacial score (nSPS) is 11.6. The summed E-state index contributed by atoms with van der Waals surface area (Å²) in [6, 6.07) is 76.8. The van der Waals surface area contributed by atoms with E-state index in [0.717, 1.165) is 28.4 Å². The fourth-order valence-electron chi connectivity index (χ4n) is 8.59. The van der Waals surface area contributed by atoms with Crippen LogP contribution in [0, 0.1) is 0 Å². The zero-order chi connectivity index (χ0) is 36.3. The van der Waals surface area contributed by atoms with Gasteiger partial charge in [-0.25, -0.2) is 0 Å². The maximum absolute atomic E-state index is 2.40. The summed E-state index contributed by atoms with van der Waals surface area (Å²) in [6.07, 6.45) is 0. The zero-order valence-corrected chi connectivity index (χ0v) is 30.0. The molecule has 0 N–H and O–H groups in total. The number of hydrogen-bond donors (Lipinski definition) is 0. The molecule has 0 spiro atoms. The van der Waals surface area contributed by atoms with Gasteiger partial charge in [0.1, 0.15) is 0 Å². The van der Waals surface area contributed by atoms with Crippen LogP contribution in [-0.4, -0.2) is 9.13 Å². The highest BCUT2D eigenvalue weighted by molar-refractivity contribution is 6.17. The molecule has 3 nitrogen and oxygen atoms in total. The summed E-state index contributed by atoms with van der Waals surface area (Å²) in [4.78, 5) is 2.39. The van der Waals surface area contributed by atoms with Gasteiger partial charge in [-0.3, -0.25) is 0 Å². The topological polar surface area (TPSA) is 13.1 Å². The Morgan fingerprint density at radius 3 is 1.55 bits per heavy atom. The molecule has 0 radical (unpaired) electrons. The number of rotatable bonds is 6. The molecule has 258 valence electrons. The molecule has 11 rings (SSSR count). The molecule has 0 bridgehead atoms. The van der Waals surface area contributed by atoms with Gasteiger partial charge < -0.3 is 14.0 Å². The molecule has 0 fully saturated rings. The Balaban J connectivity index is 1.01. The number of nitrogens with zero attached hydrogens (tertiary/aromatic N) is 3. The second kappa shape index (κ2) is 12.6. The lowest BCUT2D eigenvalue weighted by molar-refractivity contribution is 1.18. The number of hydrogen-bond acceptors (Lipinski definition) is 1. The van der Waals surface area contributed by atoms with Crippen LogP contribution in [0.15, 0.2) is 212 Å². The number of para-hydroxylation sites is 4. The standard InChI is InChI=1S/C52H35N3/c1-3-16-40(17-4-1)53(49-24-13-25-50-52(49)45-21-10-12-23-48(45)54(50)41-18-5-2-6-19-41)42-30-26-36(27-31-42)37-28-32-43(33-29-37)55-47-22-11-9-20-44(47)46-34-38-14-7-8-15-39(38)35-51(46)55/h1-35H. The zero-order valence-electron chi connectivity index (χ0n) is 30.0. The van der Waals surface area contributed by atoms with Crippen LogP contribution >= 0.6 is 0 Å². The lowest BCUT2D eigenvalue weighted by atomic mass is 10.0. The minimum Gasteiger partial charge on any atom is -0.310 e. The third-order valence-electron chi connectivity index (χ3n) is 11.1. The Morgan fingerprint density at radius 2 is 0.818 bits per heavy atom. The average Bonchev–Trinajstić information content (AvgIpc) is 3.77. The average molecular weight is 702 g/mol. The van der Waals surface area contributed by atoms with Crippen molar-refractivity contribution in [3.05, 3.63) is 212 Å². The van der Waals surface area contributed by atoms with E-state index in [1.807, 2.05) is 0 Å². The Labute approximate surface area is 319 Å². The van der Waals surface area contributed by atoms with Crippen molar-refractivity contribution in [1.29, 1.82) is 0 Å². The minimum atomic E-state index is 1.10. The van der Waals surface area contributed by atoms with E-state index in [4.69, 9.17) is 0 Å². The molecule has 2 aromatic heterocycles. The highest BCUT2D eigenvalue weighted by atomic mass is 15.1. The van der Waals surface area contributed by atoms with Gasteiger partial charge in [-0.05, 0) is 107 Å². The Morgan fingerprint density at radius 1 is 0.309 bits per heavy atom. The Hall–Kier alpha value is -7.36. The second-order valence-corrected chi connectivity index (χ2v) is 14.2. The predicted octanol–water partition coefficient (Wildman–Crippen LogP) is 14.2. The van der Waals surface area contributed by atoms with Crippen molar-refractivity contribution >= 4 is 71.4 Å². The fraction of sp³-hybridized carbons (Fsp3) is 0. The van der Waals surface area contributed by atoms with Crippen molar-refractivity contribution in [2.75, 3.05) is 4.90 Å². The van der Waals surface area contributed by atoms with Gasteiger partial charge in [-0.1, -0.05) is 127 Å². The van der Waals surface area contributed by atoms with Gasteiger partial charge in [0.2, 0.25) is 0 Å². The van der Waals surface area contributed by atoms with Crippen molar-refractivity contribution in [1.82, 2.24) is 9.13 Å². The SMILES string of the molecule is c1ccc(N(c2ccc(-c3ccc(-n4c5ccccc5c5cc6ccccc6cc54)cc3)cc2)c2cccc3c2c2ccccc2n3-c2ccccc2)cc1. The van der Waals surface area contributed by atoms with Gasteiger partial charge in [0, 0.05) is 44.3 Å². The molecule has 0 unspecified atom stereocenters. The van der Waals surface area contributed by atoms with Crippen LogP contribution in [0.2, 0.25) is 0 Å². The molecule has 0 aliphatic carbocycles. The van der Waals surface area contributed by atoms with Crippen molar-refractivity contribution in [2.45, 2.75) is 0 Å². The molecule has 55 heavy (non-hydrogen) atoms. The van der Waals surface area contributed by atoms with Crippen LogP contribution in [0.3, 0.4) is 0 Å². The van der Waals surface area contributed by atoms with Crippen LogP contribution in [0.4, 0.5) is 17.1 Å². The molecule has 11 aromatic rings. The summed E-state index contributed by atoms with van der Waals surface area (Å²) in [5, 5.41) is 7.51. The molecule has 0 saturated heterocycles. The Bertz CT molecular complexity index is 3170. The van der Waals surface area contributed by atoms with Gasteiger partial charge >= 0.3 is 0 Å². The van der Waals surface area contributed by atoms with Gasteiger partial charge in [0.25, 0.3) is 0 Å². The maximum Gasteiger partial charge on any atom is 0.0562 e. The molecule has 9 aromatic carbocycles. The van der Waals surface area contributed by atoms with E-state index < -0.39 is 0 Å². The van der Waals surface area contributed by atoms with E-state index in [2.05, 4.69) is 226 Å². The lowest BCUT2D eigenvalue weighted by Crippen LogP contribution is -2.10. The van der Waals surface area contributed by atoms with Crippen LogP contribution in [0.1, 0.15) is 0 Å². The van der Waals surface area contributed by atoms with E-state index in [-0.39, 0.29) is 0 Å². The molecule has 0 aliphatic rings. The minimum absolute atomic E-state index is 1.10. The first-order valence-electron chi connectivity index (χ1n) is 18.9. The maximum atomic E-state index is 2.40. The summed E-state index contributed by atoms with van der Waals surface area (Å²) in [6.45, 7) is 0. The number of aromatic nitrogens is 2. The van der Waals surface area contributed by atoms with Gasteiger partial charge in [0.05, 0.1) is 27.8 Å². The summed E-state index contributed by atoms with van der Waals surface area (Å²) in [5.74, 6) is 0. The van der Waals surface area contributed by atoms with Gasteiger partial charge in [-0.15, -0.1) is 0 Å². The summed E-state index contributed by atoms with van der Waals surface area (Å²) < 4.78 is 4.78. The molecule has 3 heteroatoms. The summed E-state index contributed by atoms with van der Waals surface area (Å²) >= 11 is 0. The third-order valence-corrected chi connectivity index (χ3v) is 11.1. The van der Waals surface area contributed by atoms with Crippen LogP contribution in [0.5, 0.6) is 0 Å². The van der Waals surface area contributed by atoms with Crippen molar-refractivity contribution in [3.8, 4) is 22.5 Å². The molecule has 2 heterocycles. The lowest BCUT2D eigenvalue weighted by Gasteiger charge is -2.26.